The van der Waals surface area contributed by atoms with Crippen molar-refractivity contribution in [3.8, 4) is 17.0 Å². The van der Waals surface area contributed by atoms with Gasteiger partial charge in [0.25, 0.3) is 11.8 Å². The second kappa shape index (κ2) is 13.3. The van der Waals surface area contributed by atoms with Crippen LogP contribution in [0.5, 0.6) is 5.75 Å². The highest BCUT2D eigenvalue weighted by Gasteiger charge is 2.09. The molecule has 8 nitrogen and oxygen atoms in total. The minimum Gasteiger partial charge on any atom is -0.484 e. The van der Waals surface area contributed by atoms with Crippen molar-refractivity contribution >= 4 is 45.9 Å². The van der Waals surface area contributed by atoms with Crippen molar-refractivity contribution in [1.82, 2.24) is 10.4 Å². The summed E-state index contributed by atoms with van der Waals surface area (Å²) in [4.78, 5) is 29.3. The Morgan fingerprint density at radius 3 is 2.55 bits per heavy atom. The Balaban J connectivity index is 1.11. The molecular formula is C32H26FN5O3S. The third-order valence-electron chi connectivity index (χ3n) is 6.01. The van der Waals surface area contributed by atoms with Crippen LogP contribution >= 0.6 is 11.3 Å². The van der Waals surface area contributed by atoms with Crippen LogP contribution in [0.2, 0.25) is 0 Å². The number of hydrogen-bond acceptors (Lipinski definition) is 7. The maximum atomic E-state index is 13.7. The number of anilines is 3. The minimum absolute atomic E-state index is 0.0841. The lowest BCUT2D eigenvalue weighted by atomic mass is 10.1. The van der Waals surface area contributed by atoms with Crippen molar-refractivity contribution in [2.24, 2.45) is 5.10 Å². The van der Waals surface area contributed by atoms with Crippen molar-refractivity contribution < 1.29 is 18.7 Å². The molecule has 0 aliphatic rings. The Hall–Kier alpha value is -5.35. The van der Waals surface area contributed by atoms with Crippen molar-refractivity contribution in [2.75, 3.05) is 17.2 Å². The zero-order chi connectivity index (χ0) is 29.3. The topological polar surface area (TPSA) is 105 Å². The molecule has 0 saturated carbocycles. The van der Waals surface area contributed by atoms with E-state index in [2.05, 4.69) is 26.1 Å². The van der Waals surface area contributed by atoms with Gasteiger partial charge in [0.15, 0.2) is 11.7 Å². The molecule has 42 heavy (non-hydrogen) atoms. The van der Waals surface area contributed by atoms with Crippen molar-refractivity contribution in [3.63, 3.8) is 0 Å². The number of aryl methyl sites for hydroxylation is 1. The summed E-state index contributed by atoms with van der Waals surface area (Å²) in [5.41, 5.74) is 7.55. The maximum Gasteiger partial charge on any atom is 0.271 e. The summed E-state index contributed by atoms with van der Waals surface area (Å²) in [5.74, 6) is -0.965. The van der Waals surface area contributed by atoms with Gasteiger partial charge in [0.2, 0.25) is 0 Å². The first-order valence-electron chi connectivity index (χ1n) is 12.9. The molecule has 0 radical (unpaired) electrons. The van der Waals surface area contributed by atoms with Gasteiger partial charge in [-0.3, -0.25) is 9.59 Å². The van der Waals surface area contributed by atoms with E-state index in [0.29, 0.717) is 16.9 Å². The van der Waals surface area contributed by atoms with Gasteiger partial charge in [-0.1, -0.05) is 54.1 Å². The van der Waals surface area contributed by atoms with Crippen LogP contribution in [-0.2, 0) is 4.79 Å². The third-order valence-corrected chi connectivity index (χ3v) is 6.76. The first kappa shape index (κ1) is 28.2. The van der Waals surface area contributed by atoms with Gasteiger partial charge >= 0.3 is 0 Å². The van der Waals surface area contributed by atoms with Crippen molar-refractivity contribution in [1.29, 1.82) is 0 Å². The summed E-state index contributed by atoms with van der Waals surface area (Å²) in [5, 5.41) is 12.5. The molecule has 210 valence electrons. The lowest BCUT2D eigenvalue weighted by Crippen LogP contribution is -2.20. The fourth-order valence-corrected chi connectivity index (χ4v) is 4.57. The number of aromatic nitrogens is 1. The van der Waals surface area contributed by atoms with E-state index < -0.39 is 11.7 Å². The quantitative estimate of drug-likeness (QED) is 0.125. The van der Waals surface area contributed by atoms with Crippen LogP contribution in [0, 0.1) is 12.7 Å². The molecule has 0 aliphatic carbocycles. The van der Waals surface area contributed by atoms with Crippen LogP contribution in [0.4, 0.5) is 20.9 Å². The van der Waals surface area contributed by atoms with Gasteiger partial charge < -0.3 is 15.4 Å². The average molecular weight is 580 g/mol. The number of amides is 2. The number of benzene rings is 4. The Morgan fingerprint density at radius 2 is 1.76 bits per heavy atom. The Morgan fingerprint density at radius 1 is 0.976 bits per heavy atom. The number of carbonyl (C=O) groups is 2. The molecule has 0 aliphatic heterocycles. The number of carbonyl (C=O) groups excluding carboxylic acids is 2. The van der Waals surface area contributed by atoms with E-state index >= 15 is 0 Å². The first-order valence-corrected chi connectivity index (χ1v) is 13.8. The predicted molar refractivity (Wildman–Crippen MR) is 164 cm³/mol. The number of hydrazone groups is 1. The summed E-state index contributed by atoms with van der Waals surface area (Å²) >= 11 is 1.51. The Labute approximate surface area is 245 Å². The van der Waals surface area contributed by atoms with Crippen LogP contribution in [0.15, 0.2) is 108 Å². The zero-order valence-electron chi connectivity index (χ0n) is 22.5. The summed E-state index contributed by atoms with van der Waals surface area (Å²) in [7, 11) is 0. The third kappa shape index (κ3) is 7.64. The Kier molecular flexibility index (Phi) is 8.95. The number of halogens is 1. The van der Waals surface area contributed by atoms with Crippen molar-refractivity contribution in [2.45, 2.75) is 6.92 Å². The molecule has 5 aromatic rings. The van der Waals surface area contributed by atoms with Gasteiger partial charge in [-0.05, 0) is 61.0 Å². The number of nitrogens with one attached hydrogen (secondary N) is 3. The summed E-state index contributed by atoms with van der Waals surface area (Å²) < 4.78 is 19.2. The number of thiazole rings is 1. The molecule has 4 aromatic carbocycles. The molecule has 1 heterocycles. The van der Waals surface area contributed by atoms with Crippen LogP contribution < -0.4 is 20.8 Å². The van der Waals surface area contributed by atoms with Gasteiger partial charge in [-0.2, -0.15) is 5.10 Å². The second-order valence-corrected chi connectivity index (χ2v) is 10.1. The molecule has 0 atom stereocenters. The molecule has 0 saturated heterocycles. The highest BCUT2D eigenvalue weighted by molar-refractivity contribution is 7.14. The highest BCUT2D eigenvalue weighted by atomic mass is 32.1. The largest absolute Gasteiger partial charge is 0.484 e. The SMILES string of the molecule is Cc1ccc(Nc2nc(-c3ccc(C(=O)N/N=C/c4cccc(OCC(=O)Nc5ccccc5F)c4)cc3)cs2)cc1. The lowest BCUT2D eigenvalue weighted by molar-refractivity contribution is -0.118. The van der Waals surface area contributed by atoms with E-state index in [-0.39, 0.29) is 18.2 Å². The number of nitrogens with zero attached hydrogens (tertiary/aromatic N) is 2. The molecule has 0 fully saturated rings. The summed E-state index contributed by atoms with van der Waals surface area (Å²) in [6, 6.07) is 27.9. The molecule has 0 unspecified atom stereocenters. The van der Waals surface area contributed by atoms with E-state index in [1.54, 1.807) is 42.5 Å². The summed E-state index contributed by atoms with van der Waals surface area (Å²) in [6.07, 6.45) is 1.47. The fraction of sp³-hybridized carbons (Fsp3) is 0.0625. The van der Waals surface area contributed by atoms with Gasteiger partial charge in [0.05, 0.1) is 17.6 Å². The molecule has 0 bridgehead atoms. The molecule has 5 rings (SSSR count). The van der Waals surface area contributed by atoms with E-state index in [9.17, 15) is 14.0 Å². The van der Waals surface area contributed by atoms with Crippen LogP contribution in [0.25, 0.3) is 11.3 Å². The number of rotatable bonds is 10. The highest BCUT2D eigenvalue weighted by Crippen LogP contribution is 2.27. The molecular weight excluding hydrogens is 553 g/mol. The fourth-order valence-electron chi connectivity index (χ4n) is 3.83. The maximum absolute atomic E-state index is 13.7. The molecule has 10 heteroatoms. The molecule has 1 aromatic heterocycles. The van der Waals surface area contributed by atoms with E-state index in [4.69, 9.17) is 4.74 Å². The lowest BCUT2D eigenvalue weighted by Gasteiger charge is -2.08. The second-order valence-electron chi connectivity index (χ2n) is 9.19. The normalized spacial score (nSPS) is 10.8. The van der Waals surface area contributed by atoms with E-state index in [1.807, 2.05) is 48.7 Å². The molecule has 2 amide bonds. The van der Waals surface area contributed by atoms with Crippen molar-refractivity contribution in [3.05, 3.63) is 125 Å². The number of hydrogen-bond donors (Lipinski definition) is 3. The predicted octanol–water partition coefficient (Wildman–Crippen LogP) is 6.78. The first-order chi connectivity index (χ1) is 20.4. The van der Waals surface area contributed by atoms with Gasteiger partial charge in [-0.15, -0.1) is 11.3 Å². The number of para-hydroxylation sites is 1. The van der Waals surface area contributed by atoms with Gasteiger partial charge in [0.1, 0.15) is 11.6 Å². The van der Waals surface area contributed by atoms with E-state index in [1.165, 1.54) is 41.3 Å². The summed E-state index contributed by atoms with van der Waals surface area (Å²) in [6.45, 7) is 1.74. The standard InChI is InChI=1S/C32H26FN5O3S/c1-21-9-15-25(16-10-21)35-32-37-29(20-42-32)23-11-13-24(14-12-23)31(40)38-34-18-22-5-4-6-26(17-22)41-19-30(39)36-28-8-3-2-7-27(28)33/h2-18,20H,19H2,1H3,(H,35,37)(H,36,39)(H,38,40)/b34-18+. The van der Waals surface area contributed by atoms with E-state index in [0.717, 1.165) is 22.1 Å². The number of ether oxygens (including phenoxy) is 1. The molecule has 3 N–H and O–H groups in total. The van der Waals surface area contributed by atoms with Gasteiger partial charge in [-0.25, -0.2) is 14.8 Å². The smallest absolute Gasteiger partial charge is 0.271 e. The minimum atomic E-state index is -0.526. The molecule has 0 spiro atoms. The van der Waals surface area contributed by atoms with Gasteiger partial charge in [0, 0.05) is 22.2 Å². The van der Waals surface area contributed by atoms with Crippen LogP contribution in [0.3, 0.4) is 0 Å². The monoisotopic (exact) mass is 579 g/mol. The Bertz CT molecular complexity index is 1720. The average Bonchev–Trinajstić information content (AvgIpc) is 3.47. The van der Waals surface area contributed by atoms with Crippen LogP contribution in [0.1, 0.15) is 21.5 Å². The zero-order valence-corrected chi connectivity index (χ0v) is 23.3. The van der Waals surface area contributed by atoms with Crippen LogP contribution in [-0.4, -0.2) is 29.6 Å².